The molecular formula is C15H21N3O. The number of anilines is 1. The van der Waals surface area contributed by atoms with Gasteiger partial charge in [-0.05, 0) is 39.1 Å². The highest BCUT2D eigenvalue weighted by Crippen LogP contribution is 2.34. The maximum absolute atomic E-state index is 5.71. The Kier molecular flexibility index (Phi) is 3.19. The van der Waals surface area contributed by atoms with E-state index in [1.807, 2.05) is 24.3 Å². The van der Waals surface area contributed by atoms with E-state index in [9.17, 15) is 0 Å². The Labute approximate surface area is 113 Å². The van der Waals surface area contributed by atoms with Crippen molar-refractivity contribution in [2.75, 3.05) is 26.0 Å². The molecule has 1 saturated carbocycles. The van der Waals surface area contributed by atoms with Gasteiger partial charge in [-0.1, -0.05) is 25.0 Å². The lowest BCUT2D eigenvalue weighted by atomic mass is 9.96. The fourth-order valence-electron chi connectivity index (χ4n) is 3.00. The molecule has 1 N–H and O–H groups in total. The van der Waals surface area contributed by atoms with Crippen LogP contribution in [0.2, 0.25) is 0 Å². The van der Waals surface area contributed by atoms with Crippen molar-refractivity contribution in [1.29, 1.82) is 0 Å². The van der Waals surface area contributed by atoms with Crippen molar-refractivity contribution in [2.24, 2.45) is 0 Å². The first-order chi connectivity index (χ1) is 9.20. The summed E-state index contributed by atoms with van der Waals surface area (Å²) in [7, 11) is 4.33. The summed E-state index contributed by atoms with van der Waals surface area (Å²) in [6, 6.07) is 8.50. The van der Waals surface area contributed by atoms with Crippen LogP contribution in [0.1, 0.15) is 25.7 Å². The van der Waals surface area contributed by atoms with Crippen LogP contribution >= 0.6 is 0 Å². The third-order valence-electron chi connectivity index (χ3n) is 4.35. The Morgan fingerprint density at radius 1 is 1.26 bits per heavy atom. The largest absolute Gasteiger partial charge is 0.424 e. The molecular weight excluding hydrogens is 238 g/mol. The standard InChI is InChI=1S/C15H21N3O/c1-18(2)15(9-5-6-10-15)11-16-14-17-12-7-3-4-8-13(12)19-14/h3-4,7-8H,5-6,9-11H2,1-2H3,(H,16,17). The molecule has 4 heteroatoms. The number of aromatic nitrogens is 1. The zero-order chi connectivity index (χ0) is 13.3. The summed E-state index contributed by atoms with van der Waals surface area (Å²) in [6.45, 7) is 0.896. The van der Waals surface area contributed by atoms with Crippen LogP contribution in [0.3, 0.4) is 0 Å². The molecule has 1 aliphatic carbocycles. The molecule has 1 aromatic heterocycles. The number of hydrogen-bond donors (Lipinski definition) is 1. The maximum atomic E-state index is 5.71. The van der Waals surface area contributed by atoms with Gasteiger partial charge < -0.3 is 14.6 Å². The second-order valence-corrected chi connectivity index (χ2v) is 5.67. The number of nitrogens with one attached hydrogen (secondary N) is 1. The van der Waals surface area contributed by atoms with Crippen molar-refractivity contribution in [3.05, 3.63) is 24.3 Å². The zero-order valence-corrected chi connectivity index (χ0v) is 11.6. The first-order valence-electron chi connectivity index (χ1n) is 6.97. The summed E-state index contributed by atoms with van der Waals surface area (Å²) < 4.78 is 5.71. The van der Waals surface area contributed by atoms with Crippen LogP contribution in [0.25, 0.3) is 11.1 Å². The highest BCUT2D eigenvalue weighted by atomic mass is 16.4. The van der Waals surface area contributed by atoms with E-state index in [1.54, 1.807) is 0 Å². The number of para-hydroxylation sites is 2. The first kappa shape index (κ1) is 12.5. The number of benzene rings is 1. The molecule has 1 aromatic carbocycles. The van der Waals surface area contributed by atoms with E-state index in [0.717, 1.165) is 17.6 Å². The zero-order valence-electron chi connectivity index (χ0n) is 11.6. The van der Waals surface area contributed by atoms with E-state index in [4.69, 9.17) is 4.42 Å². The van der Waals surface area contributed by atoms with Gasteiger partial charge in [0.25, 0.3) is 6.01 Å². The Morgan fingerprint density at radius 2 is 2.00 bits per heavy atom. The minimum absolute atomic E-state index is 0.251. The van der Waals surface area contributed by atoms with Crippen molar-refractivity contribution in [3.63, 3.8) is 0 Å². The molecule has 0 bridgehead atoms. The van der Waals surface area contributed by atoms with Gasteiger partial charge >= 0.3 is 0 Å². The second kappa shape index (κ2) is 4.85. The molecule has 1 fully saturated rings. The monoisotopic (exact) mass is 259 g/mol. The number of oxazole rings is 1. The molecule has 0 aliphatic heterocycles. The van der Waals surface area contributed by atoms with E-state index in [-0.39, 0.29) is 5.54 Å². The first-order valence-corrected chi connectivity index (χ1v) is 6.97. The lowest BCUT2D eigenvalue weighted by Crippen LogP contribution is -2.47. The number of likely N-dealkylation sites (N-methyl/N-ethyl adjacent to an activating group) is 1. The Morgan fingerprint density at radius 3 is 2.68 bits per heavy atom. The fourth-order valence-corrected chi connectivity index (χ4v) is 3.00. The van der Waals surface area contributed by atoms with E-state index >= 15 is 0 Å². The second-order valence-electron chi connectivity index (χ2n) is 5.67. The molecule has 0 saturated heterocycles. The van der Waals surface area contributed by atoms with E-state index in [1.165, 1.54) is 25.7 Å². The van der Waals surface area contributed by atoms with Crippen LogP contribution in [-0.4, -0.2) is 36.1 Å². The molecule has 2 aromatic rings. The molecule has 102 valence electrons. The molecule has 0 radical (unpaired) electrons. The molecule has 0 atom stereocenters. The van der Waals surface area contributed by atoms with Crippen LogP contribution in [0.4, 0.5) is 6.01 Å². The average molecular weight is 259 g/mol. The number of nitrogens with zero attached hydrogens (tertiary/aromatic N) is 2. The molecule has 1 aliphatic rings. The fraction of sp³-hybridized carbons (Fsp3) is 0.533. The van der Waals surface area contributed by atoms with Crippen molar-refractivity contribution in [1.82, 2.24) is 9.88 Å². The van der Waals surface area contributed by atoms with Gasteiger partial charge in [-0.2, -0.15) is 4.98 Å². The summed E-state index contributed by atoms with van der Waals surface area (Å²) >= 11 is 0. The van der Waals surface area contributed by atoms with Crippen LogP contribution in [0.5, 0.6) is 0 Å². The predicted octanol–water partition coefficient (Wildman–Crippen LogP) is 3.11. The minimum atomic E-state index is 0.251. The van der Waals surface area contributed by atoms with Gasteiger partial charge in [0.1, 0.15) is 5.52 Å². The van der Waals surface area contributed by atoms with Crippen molar-refractivity contribution < 1.29 is 4.42 Å². The van der Waals surface area contributed by atoms with E-state index in [0.29, 0.717) is 6.01 Å². The molecule has 0 spiro atoms. The van der Waals surface area contributed by atoms with Gasteiger partial charge in [0.2, 0.25) is 0 Å². The van der Waals surface area contributed by atoms with Crippen molar-refractivity contribution in [2.45, 2.75) is 31.2 Å². The third-order valence-corrected chi connectivity index (χ3v) is 4.35. The van der Waals surface area contributed by atoms with Gasteiger partial charge in [0.15, 0.2) is 5.58 Å². The van der Waals surface area contributed by atoms with E-state index < -0.39 is 0 Å². The maximum Gasteiger partial charge on any atom is 0.295 e. The normalized spacial score (nSPS) is 18.3. The van der Waals surface area contributed by atoms with Gasteiger partial charge in [-0.25, -0.2) is 0 Å². The lowest BCUT2D eigenvalue weighted by molar-refractivity contribution is 0.171. The summed E-state index contributed by atoms with van der Waals surface area (Å²) in [5.74, 6) is 0. The lowest BCUT2D eigenvalue weighted by Gasteiger charge is -2.36. The number of fused-ring (bicyclic) bond motifs is 1. The summed E-state index contributed by atoms with van der Waals surface area (Å²) in [4.78, 5) is 6.81. The highest BCUT2D eigenvalue weighted by molar-refractivity contribution is 5.74. The Balaban J connectivity index is 1.74. The van der Waals surface area contributed by atoms with Crippen LogP contribution in [-0.2, 0) is 0 Å². The Bertz CT molecular complexity index is 522. The van der Waals surface area contributed by atoms with Gasteiger partial charge in [-0.3, -0.25) is 0 Å². The van der Waals surface area contributed by atoms with Crippen LogP contribution in [0, 0.1) is 0 Å². The van der Waals surface area contributed by atoms with Crippen molar-refractivity contribution in [3.8, 4) is 0 Å². The quantitative estimate of drug-likeness (QED) is 0.916. The van der Waals surface area contributed by atoms with Crippen molar-refractivity contribution >= 4 is 17.1 Å². The van der Waals surface area contributed by atoms with Crippen LogP contribution < -0.4 is 5.32 Å². The molecule has 0 amide bonds. The summed E-state index contributed by atoms with van der Waals surface area (Å²) in [5.41, 5.74) is 2.01. The summed E-state index contributed by atoms with van der Waals surface area (Å²) in [5, 5.41) is 3.38. The SMILES string of the molecule is CN(C)C1(CNc2nc3ccccc3o2)CCCC1. The Hall–Kier alpha value is -1.55. The topological polar surface area (TPSA) is 41.3 Å². The van der Waals surface area contributed by atoms with Crippen LogP contribution in [0.15, 0.2) is 28.7 Å². The highest BCUT2D eigenvalue weighted by Gasteiger charge is 2.35. The smallest absolute Gasteiger partial charge is 0.295 e. The van der Waals surface area contributed by atoms with Gasteiger partial charge in [0.05, 0.1) is 0 Å². The minimum Gasteiger partial charge on any atom is -0.424 e. The third kappa shape index (κ3) is 2.32. The molecule has 4 nitrogen and oxygen atoms in total. The molecule has 3 rings (SSSR count). The molecule has 1 heterocycles. The predicted molar refractivity (Wildman–Crippen MR) is 77.4 cm³/mol. The molecule has 19 heavy (non-hydrogen) atoms. The van der Waals surface area contributed by atoms with E-state index in [2.05, 4.69) is 29.3 Å². The van der Waals surface area contributed by atoms with Gasteiger partial charge in [0, 0.05) is 12.1 Å². The number of hydrogen-bond acceptors (Lipinski definition) is 4. The molecule has 0 unspecified atom stereocenters. The van der Waals surface area contributed by atoms with Gasteiger partial charge in [-0.15, -0.1) is 0 Å². The average Bonchev–Trinajstić information content (AvgIpc) is 3.03. The summed E-state index contributed by atoms with van der Waals surface area (Å²) in [6.07, 6.45) is 5.11. The number of rotatable bonds is 4.